The van der Waals surface area contributed by atoms with E-state index in [1.165, 1.54) is 71.4 Å². The molecule has 0 fully saturated rings. The van der Waals surface area contributed by atoms with E-state index in [1.807, 2.05) is 18.2 Å². The van der Waals surface area contributed by atoms with Crippen molar-refractivity contribution in [1.82, 2.24) is 19.9 Å². The number of fused-ring (bicyclic) bond motifs is 14. The molecule has 0 aliphatic heterocycles. The Morgan fingerprint density at radius 1 is 0.284 bits per heavy atom. The summed E-state index contributed by atoms with van der Waals surface area (Å²) in [5.41, 5.74) is 19.0. The molecular formula is C70H50N4. The monoisotopic (exact) mass is 946 g/mol. The van der Waals surface area contributed by atoms with Crippen LogP contribution in [-0.4, -0.2) is 19.9 Å². The van der Waals surface area contributed by atoms with Crippen molar-refractivity contribution in [2.75, 3.05) is 0 Å². The lowest BCUT2D eigenvalue weighted by Gasteiger charge is -2.21. The Kier molecular flexibility index (Phi) is 9.87. The molecule has 0 spiro atoms. The van der Waals surface area contributed by atoms with Gasteiger partial charge in [-0.25, -0.2) is 19.9 Å². The summed E-state index contributed by atoms with van der Waals surface area (Å²) in [5, 5.41) is 9.46. The summed E-state index contributed by atoms with van der Waals surface area (Å²) in [5.74, 6) is 1.51. The van der Waals surface area contributed by atoms with Gasteiger partial charge in [-0.2, -0.15) is 0 Å². The second kappa shape index (κ2) is 16.7. The van der Waals surface area contributed by atoms with Gasteiger partial charge in [0.05, 0.1) is 22.4 Å². The summed E-state index contributed by atoms with van der Waals surface area (Å²) < 4.78 is 0. The Labute approximate surface area is 430 Å². The van der Waals surface area contributed by atoms with Crippen molar-refractivity contribution in [3.8, 4) is 67.5 Å². The van der Waals surface area contributed by atoms with Crippen molar-refractivity contribution in [2.45, 2.75) is 38.5 Å². The lowest BCUT2D eigenvalue weighted by atomic mass is 9.82. The molecule has 4 nitrogen and oxygen atoms in total. The zero-order valence-electron chi connectivity index (χ0n) is 41.7. The number of rotatable bonds is 4. The van der Waals surface area contributed by atoms with Crippen LogP contribution in [0.5, 0.6) is 0 Å². The molecule has 11 aromatic carbocycles. The van der Waals surface area contributed by atoms with E-state index in [0.29, 0.717) is 0 Å². The van der Waals surface area contributed by atoms with Crippen LogP contribution >= 0.6 is 0 Å². The van der Waals surface area contributed by atoms with Crippen LogP contribution in [0.4, 0.5) is 0 Å². The fourth-order valence-corrected chi connectivity index (χ4v) is 12.2. The molecule has 13 aromatic rings. The van der Waals surface area contributed by atoms with Crippen LogP contribution in [0.25, 0.3) is 122 Å². The van der Waals surface area contributed by atoms with E-state index in [1.54, 1.807) is 0 Å². The van der Waals surface area contributed by atoms with Crippen LogP contribution in [0.15, 0.2) is 231 Å². The third-order valence-electron chi connectivity index (χ3n) is 15.9. The van der Waals surface area contributed by atoms with Gasteiger partial charge in [0.25, 0.3) is 0 Å². The zero-order chi connectivity index (χ0) is 49.7. The van der Waals surface area contributed by atoms with Gasteiger partial charge in [0.15, 0.2) is 11.6 Å². The quantitative estimate of drug-likeness (QED) is 0.165. The van der Waals surface area contributed by atoms with Gasteiger partial charge < -0.3 is 0 Å². The minimum Gasteiger partial charge on any atom is -0.228 e. The van der Waals surface area contributed by atoms with Gasteiger partial charge in [-0.1, -0.05) is 234 Å². The summed E-state index contributed by atoms with van der Waals surface area (Å²) >= 11 is 0. The Balaban J connectivity index is 0.000000137. The molecule has 15 rings (SSSR count). The van der Waals surface area contributed by atoms with E-state index in [2.05, 4.69) is 240 Å². The molecule has 0 unspecified atom stereocenters. The number of para-hydroxylation sites is 1. The van der Waals surface area contributed by atoms with Gasteiger partial charge in [-0.15, -0.1) is 0 Å². The number of nitrogens with zero attached hydrogens (tertiary/aromatic N) is 4. The minimum absolute atomic E-state index is 0.0178. The lowest BCUT2D eigenvalue weighted by molar-refractivity contribution is 0.660. The molecule has 0 N–H and O–H groups in total. The van der Waals surface area contributed by atoms with Crippen molar-refractivity contribution < 1.29 is 0 Å². The highest BCUT2D eigenvalue weighted by Crippen LogP contribution is 2.53. The molecule has 2 aromatic heterocycles. The Bertz CT molecular complexity index is 4420. The Hall–Kier alpha value is -9.12. The summed E-state index contributed by atoms with van der Waals surface area (Å²) in [6.07, 6.45) is 0. The number of benzene rings is 11. The summed E-state index contributed by atoms with van der Waals surface area (Å²) in [4.78, 5) is 20.5. The van der Waals surface area contributed by atoms with Crippen molar-refractivity contribution in [3.63, 3.8) is 0 Å². The highest BCUT2D eigenvalue weighted by molar-refractivity contribution is 6.10. The maximum atomic E-state index is 5.22. The Morgan fingerprint density at radius 2 is 0.716 bits per heavy atom. The molecule has 0 saturated carbocycles. The van der Waals surface area contributed by atoms with E-state index in [0.717, 1.165) is 72.5 Å². The standard InChI is InChI=1S/C37H26N2.C33H24N2/c1-37(2)31-15-9-8-14-28(31)33-30-22-26(17-16-24(30)19-21-32(33)37)36-38-34(25-11-4-3-5-12-25)29-20-18-23-10-6-7-13-27(23)35(29)39-36;1-33(2)27-14-8-6-12-24(27)30-26-20-23(17-16-21(26)18-19-28(30)33)32-34-29-15-9-7-13-25(29)31(35-32)22-10-4-3-5-11-22/h3-22H,1-2H3;3-20H,1-2H3. The summed E-state index contributed by atoms with van der Waals surface area (Å²) in [7, 11) is 0. The molecule has 2 aliphatic carbocycles. The predicted molar refractivity (Wildman–Crippen MR) is 308 cm³/mol. The summed E-state index contributed by atoms with van der Waals surface area (Å²) in [6.45, 7) is 9.31. The SMILES string of the molecule is CC1(C)c2ccccc2-c2c1ccc1ccc(-c3nc(-c4ccccc4)c4ccc5ccccc5c4n3)cc21.CC1(C)c2ccccc2-c2c1ccc1ccc(-c3nc(-c4ccccc4)c4ccccc4n3)cc21. The van der Waals surface area contributed by atoms with Crippen molar-refractivity contribution in [1.29, 1.82) is 0 Å². The molecule has 0 radical (unpaired) electrons. The smallest absolute Gasteiger partial charge is 0.160 e. The fraction of sp³-hybridized carbons (Fsp3) is 0.0857. The maximum Gasteiger partial charge on any atom is 0.160 e. The van der Waals surface area contributed by atoms with E-state index >= 15 is 0 Å². The third kappa shape index (κ3) is 6.82. The van der Waals surface area contributed by atoms with Crippen LogP contribution < -0.4 is 0 Å². The molecular weight excluding hydrogens is 897 g/mol. The van der Waals surface area contributed by atoms with Crippen molar-refractivity contribution >= 4 is 54.1 Å². The van der Waals surface area contributed by atoms with Gasteiger partial charge in [0.2, 0.25) is 0 Å². The van der Waals surface area contributed by atoms with Crippen LogP contribution in [0, 0.1) is 0 Å². The van der Waals surface area contributed by atoms with Crippen LogP contribution in [0.2, 0.25) is 0 Å². The first-order valence-electron chi connectivity index (χ1n) is 25.6. The van der Waals surface area contributed by atoms with E-state index in [-0.39, 0.29) is 10.8 Å². The third-order valence-corrected chi connectivity index (χ3v) is 15.9. The van der Waals surface area contributed by atoms with Gasteiger partial charge in [-0.3, -0.25) is 0 Å². The first-order chi connectivity index (χ1) is 36.2. The second-order valence-corrected chi connectivity index (χ2v) is 20.9. The molecule has 0 atom stereocenters. The molecule has 0 saturated heterocycles. The fourth-order valence-electron chi connectivity index (χ4n) is 12.2. The minimum atomic E-state index is -0.0328. The molecule has 350 valence electrons. The number of hydrogen-bond acceptors (Lipinski definition) is 4. The lowest BCUT2D eigenvalue weighted by Crippen LogP contribution is -2.14. The van der Waals surface area contributed by atoms with Crippen LogP contribution in [0.1, 0.15) is 49.9 Å². The van der Waals surface area contributed by atoms with Gasteiger partial charge in [-0.05, 0) is 95.7 Å². The normalized spacial score (nSPS) is 13.6. The second-order valence-electron chi connectivity index (χ2n) is 20.9. The van der Waals surface area contributed by atoms with E-state index in [4.69, 9.17) is 19.9 Å². The van der Waals surface area contributed by atoms with Crippen LogP contribution in [0.3, 0.4) is 0 Å². The summed E-state index contributed by atoms with van der Waals surface area (Å²) in [6, 6.07) is 82.0. The van der Waals surface area contributed by atoms with Gasteiger partial charge in [0.1, 0.15) is 0 Å². The highest BCUT2D eigenvalue weighted by atomic mass is 14.9. The number of aromatic nitrogens is 4. The van der Waals surface area contributed by atoms with Crippen molar-refractivity contribution in [3.05, 3.63) is 253 Å². The largest absolute Gasteiger partial charge is 0.228 e. The molecule has 2 heterocycles. The first kappa shape index (κ1) is 43.7. The van der Waals surface area contributed by atoms with Gasteiger partial charge >= 0.3 is 0 Å². The van der Waals surface area contributed by atoms with E-state index in [9.17, 15) is 0 Å². The maximum absolute atomic E-state index is 5.22. The van der Waals surface area contributed by atoms with Crippen molar-refractivity contribution in [2.24, 2.45) is 0 Å². The van der Waals surface area contributed by atoms with Crippen LogP contribution in [-0.2, 0) is 10.8 Å². The van der Waals surface area contributed by atoms with Gasteiger partial charge in [0, 0.05) is 49.2 Å². The molecule has 74 heavy (non-hydrogen) atoms. The zero-order valence-corrected chi connectivity index (χ0v) is 41.7. The molecule has 0 amide bonds. The van der Waals surface area contributed by atoms with E-state index < -0.39 is 0 Å². The topological polar surface area (TPSA) is 51.6 Å². The average molecular weight is 947 g/mol. The molecule has 4 heteroatoms. The Morgan fingerprint density at radius 3 is 1.30 bits per heavy atom. The average Bonchev–Trinajstić information content (AvgIpc) is 3.91. The first-order valence-corrected chi connectivity index (χ1v) is 25.6. The highest BCUT2D eigenvalue weighted by Gasteiger charge is 2.37. The number of hydrogen-bond donors (Lipinski definition) is 0. The molecule has 0 bridgehead atoms. The molecule has 2 aliphatic rings. The predicted octanol–water partition coefficient (Wildman–Crippen LogP) is 18.0.